The van der Waals surface area contributed by atoms with Gasteiger partial charge in [-0.3, -0.25) is 14.5 Å². The molecule has 0 aromatic carbocycles. The van der Waals surface area contributed by atoms with Crippen LogP contribution in [0.5, 0.6) is 0 Å². The van der Waals surface area contributed by atoms with E-state index in [0.29, 0.717) is 28.1 Å². The van der Waals surface area contributed by atoms with Crippen LogP contribution in [-0.4, -0.2) is 43.5 Å². The number of nitrogens with one attached hydrogen (secondary N) is 3. The lowest BCUT2D eigenvalue weighted by Crippen LogP contribution is -2.27. The number of nitrogens with zero attached hydrogens (tertiary/aromatic N) is 4. The Balaban J connectivity index is 1.99. The van der Waals surface area contributed by atoms with Gasteiger partial charge in [-0.1, -0.05) is 13.8 Å². The van der Waals surface area contributed by atoms with Crippen molar-refractivity contribution < 1.29 is 0 Å². The Morgan fingerprint density at radius 2 is 2.04 bits per heavy atom. The Labute approximate surface area is 156 Å². The third-order valence-corrected chi connectivity index (χ3v) is 4.56. The predicted octanol–water partition coefficient (Wildman–Crippen LogP) is 2.07. The number of pyridine rings is 2. The number of aryl methyl sites for hydroxylation is 2. The topological polar surface area (TPSA) is 104 Å². The van der Waals surface area contributed by atoms with Crippen molar-refractivity contribution in [1.29, 1.82) is 0 Å². The summed E-state index contributed by atoms with van der Waals surface area (Å²) in [5.74, 6) is 0.270. The molecule has 0 amide bonds. The molecule has 4 aromatic rings. The second kappa shape index (κ2) is 6.26. The van der Waals surface area contributed by atoms with Gasteiger partial charge in [0, 0.05) is 18.9 Å². The second-order valence-corrected chi connectivity index (χ2v) is 7.11. The molecule has 4 rings (SSSR count). The maximum absolute atomic E-state index is 12.9. The monoisotopic (exact) mass is 361 g/mol. The van der Waals surface area contributed by atoms with E-state index in [1.165, 1.54) is 0 Å². The number of imidazole rings is 1. The Morgan fingerprint density at radius 3 is 2.78 bits per heavy atom. The van der Waals surface area contributed by atoms with Crippen LogP contribution in [0.15, 0.2) is 23.3 Å². The molecule has 0 fully saturated rings. The molecule has 2 radical (unpaired) electrons. The van der Waals surface area contributed by atoms with Crippen LogP contribution in [0.25, 0.3) is 33.5 Å². The molecular weight excluding hydrogens is 341 g/mol. The highest BCUT2D eigenvalue weighted by Crippen LogP contribution is 2.30. The van der Waals surface area contributed by atoms with Gasteiger partial charge in [0.05, 0.1) is 36.3 Å². The van der Waals surface area contributed by atoms with Gasteiger partial charge < -0.3 is 15.3 Å². The van der Waals surface area contributed by atoms with E-state index < -0.39 is 0 Å². The highest BCUT2D eigenvalue weighted by atomic mass is 16.1. The fourth-order valence-electron chi connectivity index (χ4n) is 3.01. The smallest absolute Gasteiger partial charge is 0.261 e. The highest BCUT2D eigenvalue weighted by Gasteiger charge is 2.22. The summed E-state index contributed by atoms with van der Waals surface area (Å²) in [6, 6.07) is 1.87. The van der Waals surface area contributed by atoms with Crippen LogP contribution in [0, 0.1) is 12.8 Å². The Hall–Kier alpha value is -3.10. The molecule has 0 aliphatic carbocycles. The van der Waals surface area contributed by atoms with E-state index in [4.69, 9.17) is 7.85 Å². The first-order chi connectivity index (χ1) is 12.8. The molecule has 0 bridgehead atoms. The summed E-state index contributed by atoms with van der Waals surface area (Å²) in [5.41, 5.74) is 4.32. The summed E-state index contributed by atoms with van der Waals surface area (Å²) in [5, 5.41) is 7.76. The van der Waals surface area contributed by atoms with Crippen LogP contribution >= 0.6 is 0 Å². The molecule has 3 N–H and O–H groups in total. The lowest BCUT2D eigenvalue weighted by molar-refractivity contribution is 0.643. The van der Waals surface area contributed by atoms with Gasteiger partial charge in [0.15, 0.2) is 0 Å². The minimum atomic E-state index is -0.343. The first-order valence-corrected chi connectivity index (χ1v) is 8.78. The van der Waals surface area contributed by atoms with Crippen molar-refractivity contribution in [3.63, 3.8) is 0 Å². The minimum absolute atomic E-state index is 0.165. The van der Waals surface area contributed by atoms with Gasteiger partial charge in [0.2, 0.25) is 0 Å². The average molecular weight is 361 g/mol. The number of fused-ring (bicyclic) bond motifs is 2. The van der Waals surface area contributed by atoms with Crippen molar-refractivity contribution in [3.05, 3.63) is 34.5 Å². The van der Waals surface area contributed by atoms with Gasteiger partial charge in [0.1, 0.15) is 16.9 Å². The lowest BCUT2D eigenvalue weighted by atomic mass is 9.85. The fraction of sp³-hybridized carbons (Fsp3) is 0.333. The number of rotatable bonds is 4. The second-order valence-electron chi connectivity index (χ2n) is 7.11. The van der Waals surface area contributed by atoms with Crippen molar-refractivity contribution in [2.45, 2.75) is 26.7 Å². The van der Waals surface area contributed by atoms with Crippen molar-refractivity contribution >= 4 is 35.6 Å². The summed E-state index contributed by atoms with van der Waals surface area (Å²) in [7, 11) is 8.05. The zero-order valence-electron chi connectivity index (χ0n) is 15.7. The Kier molecular flexibility index (Phi) is 4.02. The summed E-state index contributed by atoms with van der Waals surface area (Å²) < 4.78 is 1.66. The summed E-state index contributed by atoms with van der Waals surface area (Å²) >= 11 is 0. The molecule has 136 valence electrons. The van der Waals surface area contributed by atoms with Crippen molar-refractivity contribution in [2.75, 3.05) is 5.32 Å². The van der Waals surface area contributed by atoms with Crippen LogP contribution in [0.2, 0.25) is 0 Å². The third-order valence-electron chi connectivity index (χ3n) is 4.56. The fourth-order valence-corrected chi connectivity index (χ4v) is 3.01. The molecule has 9 heteroatoms. The SMILES string of the molecule is [B]C(Nc1c(-c2nc3cc(C)ncc3[nH]2)c(=O)[nH]c2cn(C)nc12)C(C)C. The first-order valence-electron chi connectivity index (χ1n) is 8.78. The number of H-pyrrole nitrogens is 2. The molecule has 0 aliphatic heterocycles. The summed E-state index contributed by atoms with van der Waals surface area (Å²) in [6.45, 7) is 5.92. The molecule has 4 heterocycles. The third kappa shape index (κ3) is 2.99. The summed E-state index contributed by atoms with van der Waals surface area (Å²) in [6.07, 6.45) is 3.47. The largest absolute Gasteiger partial charge is 0.388 e. The van der Waals surface area contributed by atoms with Crippen molar-refractivity contribution in [2.24, 2.45) is 13.0 Å². The number of hydrogen-bond acceptors (Lipinski definition) is 5. The van der Waals surface area contributed by atoms with Crippen LogP contribution in [0.3, 0.4) is 0 Å². The van der Waals surface area contributed by atoms with Gasteiger partial charge in [0.25, 0.3) is 5.56 Å². The van der Waals surface area contributed by atoms with E-state index in [-0.39, 0.29) is 17.4 Å². The van der Waals surface area contributed by atoms with Gasteiger partial charge in [-0.25, -0.2) is 4.98 Å². The molecule has 0 saturated carbocycles. The van der Waals surface area contributed by atoms with Crippen LogP contribution in [0.1, 0.15) is 19.5 Å². The quantitative estimate of drug-likeness (QED) is 0.483. The van der Waals surface area contributed by atoms with E-state index in [2.05, 4.69) is 30.4 Å². The number of aromatic amines is 2. The molecule has 4 aromatic heterocycles. The average Bonchev–Trinajstić information content (AvgIpc) is 3.16. The van der Waals surface area contributed by atoms with E-state index >= 15 is 0 Å². The van der Waals surface area contributed by atoms with E-state index in [1.807, 2.05) is 26.8 Å². The highest BCUT2D eigenvalue weighted by molar-refractivity contribution is 6.14. The van der Waals surface area contributed by atoms with Crippen LogP contribution < -0.4 is 10.9 Å². The van der Waals surface area contributed by atoms with Crippen molar-refractivity contribution in [1.82, 2.24) is 29.7 Å². The Bertz CT molecular complexity index is 1200. The molecule has 1 unspecified atom stereocenters. The zero-order chi connectivity index (χ0) is 19.3. The van der Waals surface area contributed by atoms with Gasteiger partial charge in [-0.2, -0.15) is 5.10 Å². The molecule has 27 heavy (non-hydrogen) atoms. The minimum Gasteiger partial charge on any atom is -0.388 e. The maximum Gasteiger partial charge on any atom is 0.261 e. The molecule has 8 nitrogen and oxygen atoms in total. The molecular formula is C18H20BN7O. The maximum atomic E-state index is 12.9. The van der Waals surface area contributed by atoms with E-state index in [9.17, 15) is 4.79 Å². The normalized spacial score (nSPS) is 12.9. The van der Waals surface area contributed by atoms with E-state index in [0.717, 1.165) is 16.7 Å². The molecule has 0 saturated heterocycles. The summed E-state index contributed by atoms with van der Waals surface area (Å²) in [4.78, 5) is 27.9. The zero-order valence-corrected chi connectivity index (χ0v) is 15.7. The molecule has 1 atom stereocenters. The van der Waals surface area contributed by atoms with Gasteiger partial charge in [-0.05, 0) is 24.8 Å². The number of aromatic nitrogens is 6. The first kappa shape index (κ1) is 17.3. The van der Waals surface area contributed by atoms with Crippen molar-refractivity contribution in [3.8, 4) is 11.4 Å². The van der Waals surface area contributed by atoms with Crippen LogP contribution in [-0.2, 0) is 7.05 Å². The predicted molar refractivity (Wildman–Crippen MR) is 107 cm³/mol. The number of anilines is 1. The molecule has 0 spiro atoms. The van der Waals surface area contributed by atoms with Gasteiger partial charge >= 0.3 is 0 Å². The van der Waals surface area contributed by atoms with E-state index in [1.54, 1.807) is 24.1 Å². The standard InChI is InChI=1S/C18H20BN7O/c1-8(2)16(19)24-15-13(18(27)23-12-7-26(4)25-14(12)15)17-21-10-5-9(3)20-6-11(10)22-17/h5-8,16,24H,1-4H3,(H,21,22)(H,23,27). The lowest BCUT2D eigenvalue weighted by Gasteiger charge is -2.21. The van der Waals surface area contributed by atoms with Gasteiger partial charge in [-0.15, -0.1) is 0 Å². The Morgan fingerprint density at radius 1 is 1.26 bits per heavy atom. The number of hydrogen-bond donors (Lipinski definition) is 3. The molecule has 0 aliphatic rings. The van der Waals surface area contributed by atoms with Crippen LogP contribution in [0.4, 0.5) is 5.69 Å².